The molecule has 0 aromatic heterocycles. The Morgan fingerprint density at radius 1 is 1.23 bits per heavy atom. The van der Waals surface area contributed by atoms with Crippen LogP contribution in [0, 0.1) is 0 Å². The van der Waals surface area contributed by atoms with E-state index in [1.165, 1.54) is 0 Å². The van der Waals surface area contributed by atoms with Crippen LogP contribution in [0.15, 0.2) is 18.2 Å². The Bertz CT molecular complexity index is 723. The van der Waals surface area contributed by atoms with E-state index in [9.17, 15) is 9.59 Å². The first-order valence-electron chi connectivity index (χ1n) is 9.24. The molecule has 140 valence electrons. The van der Waals surface area contributed by atoms with Crippen LogP contribution in [0.3, 0.4) is 0 Å². The summed E-state index contributed by atoms with van der Waals surface area (Å²) in [5.41, 5.74) is 8.23. The van der Waals surface area contributed by atoms with E-state index in [0.29, 0.717) is 19.4 Å². The van der Waals surface area contributed by atoms with Crippen LogP contribution < -0.4 is 15.8 Å². The van der Waals surface area contributed by atoms with E-state index in [0.717, 1.165) is 36.1 Å². The van der Waals surface area contributed by atoms with Crippen molar-refractivity contribution in [3.63, 3.8) is 0 Å². The van der Waals surface area contributed by atoms with Crippen molar-refractivity contribution < 1.29 is 19.1 Å². The van der Waals surface area contributed by atoms with Gasteiger partial charge in [-0.05, 0) is 43.4 Å². The van der Waals surface area contributed by atoms with E-state index in [1.807, 2.05) is 23.1 Å². The number of hydrogen-bond acceptors (Lipinski definition) is 6. The summed E-state index contributed by atoms with van der Waals surface area (Å²) in [5.74, 6) is 0.358. The second-order valence-corrected chi connectivity index (χ2v) is 7.34. The minimum Gasteiger partial charge on any atom is -0.489 e. The zero-order valence-electron chi connectivity index (χ0n) is 14.9. The highest BCUT2D eigenvalue weighted by Gasteiger charge is 2.40. The number of ether oxygens (including phenoxy) is 2. The largest absolute Gasteiger partial charge is 0.489 e. The van der Waals surface area contributed by atoms with E-state index in [4.69, 9.17) is 15.2 Å². The molecule has 2 amide bonds. The summed E-state index contributed by atoms with van der Waals surface area (Å²) >= 11 is 0. The Morgan fingerprint density at radius 3 is 2.77 bits per heavy atom. The van der Waals surface area contributed by atoms with E-state index in [1.54, 1.807) is 7.11 Å². The molecule has 2 aliphatic heterocycles. The van der Waals surface area contributed by atoms with Crippen molar-refractivity contribution in [1.29, 1.82) is 0 Å². The standard InChI is InChI=1S/C19H25N3O4/c1-25-19-13-6-5-12(26-16-4-2-3-14(16)20)9-11(13)10-22(19)15-7-8-17(23)21-18(15)24/h5-6,9,14-16,19H,2-4,7-8,10,20H2,1H3,(H,21,23,24)/t14-,15?,16-,19?/m0/s1. The Morgan fingerprint density at radius 2 is 2.08 bits per heavy atom. The van der Waals surface area contributed by atoms with Crippen molar-refractivity contribution in [2.24, 2.45) is 5.73 Å². The van der Waals surface area contributed by atoms with Gasteiger partial charge in [-0.2, -0.15) is 0 Å². The third kappa shape index (κ3) is 3.11. The maximum Gasteiger partial charge on any atom is 0.244 e. The van der Waals surface area contributed by atoms with Crippen LogP contribution in [0.2, 0.25) is 0 Å². The third-order valence-corrected chi connectivity index (χ3v) is 5.66. The summed E-state index contributed by atoms with van der Waals surface area (Å²) in [6.07, 6.45) is 3.74. The number of nitrogens with zero attached hydrogens (tertiary/aromatic N) is 1. The van der Waals surface area contributed by atoms with Crippen LogP contribution in [0.25, 0.3) is 0 Å². The quantitative estimate of drug-likeness (QED) is 0.785. The molecule has 7 heteroatoms. The zero-order chi connectivity index (χ0) is 18.3. The van der Waals surface area contributed by atoms with Gasteiger partial charge in [0, 0.05) is 31.7 Å². The topological polar surface area (TPSA) is 93.9 Å². The fraction of sp³-hybridized carbons (Fsp3) is 0.579. The number of nitrogens with two attached hydrogens (primary N) is 1. The van der Waals surface area contributed by atoms with Gasteiger partial charge in [-0.1, -0.05) is 6.07 Å². The summed E-state index contributed by atoms with van der Waals surface area (Å²) in [4.78, 5) is 25.7. The molecule has 2 unspecified atom stereocenters. The second kappa shape index (κ2) is 6.98. The Labute approximate surface area is 152 Å². The Kier molecular flexibility index (Phi) is 4.69. The number of imide groups is 1. The lowest BCUT2D eigenvalue weighted by molar-refractivity contribution is -0.143. The summed E-state index contributed by atoms with van der Waals surface area (Å²) in [6.45, 7) is 0.591. The molecule has 4 rings (SSSR count). The van der Waals surface area contributed by atoms with Gasteiger partial charge in [-0.15, -0.1) is 0 Å². The average Bonchev–Trinajstić information content (AvgIpc) is 3.18. The normalized spacial score (nSPS) is 31.8. The van der Waals surface area contributed by atoms with Gasteiger partial charge in [0.15, 0.2) is 0 Å². The minimum absolute atomic E-state index is 0.0684. The lowest BCUT2D eigenvalue weighted by atomic mass is 10.0. The summed E-state index contributed by atoms with van der Waals surface area (Å²) in [7, 11) is 1.64. The van der Waals surface area contributed by atoms with Gasteiger partial charge >= 0.3 is 0 Å². The van der Waals surface area contributed by atoms with Crippen LogP contribution in [0.1, 0.15) is 49.5 Å². The van der Waals surface area contributed by atoms with E-state index in [-0.39, 0.29) is 36.2 Å². The number of nitrogens with one attached hydrogen (secondary N) is 1. The summed E-state index contributed by atoms with van der Waals surface area (Å²) in [5, 5.41) is 2.43. The highest BCUT2D eigenvalue weighted by Crippen LogP contribution is 2.39. The van der Waals surface area contributed by atoms with Gasteiger partial charge in [-0.3, -0.25) is 19.8 Å². The molecular weight excluding hydrogens is 334 g/mol. The van der Waals surface area contributed by atoms with Crippen molar-refractivity contribution in [2.45, 2.75) is 63.1 Å². The third-order valence-electron chi connectivity index (χ3n) is 5.66. The smallest absolute Gasteiger partial charge is 0.244 e. The number of hydrogen-bond donors (Lipinski definition) is 2. The van der Waals surface area contributed by atoms with Crippen LogP contribution in [0.4, 0.5) is 0 Å². The van der Waals surface area contributed by atoms with Crippen LogP contribution in [-0.4, -0.2) is 42.0 Å². The number of carbonyl (C=O) groups is 2. The summed E-state index contributed by atoms with van der Waals surface area (Å²) in [6, 6.07) is 5.71. The van der Waals surface area contributed by atoms with Crippen LogP contribution in [0.5, 0.6) is 5.75 Å². The highest BCUT2D eigenvalue weighted by atomic mass is 16.5. The molecule has 2 fully saturated rings. The lowest BCUT2D eigenvalue weighted by Gasteiger charge is -2.33. The zero-order valence-corrected chi connectivity index (χ0v) is 14.9. The van der Waals surface area contributed by atoms with Gasteiger partial charge in [0.05, 0.1) is 6.04 Å². The van der Waals surface area contributed by atoms with E-state index < -0.39 is 0 Å². The Balaban J connectivity index is 1.53. The van der Waals surface area contributed by atoms with Crippen LogP contribution >= 0.6 is 0 Å². The molecule has 0 spiro atoms. The Hall–Kier alpha value is -1.96. The second-order valence-electron chi connectivity index (χ2n) is 7.34. The number of fused-ring (bicyclic) bond motifs is 1. The predicted molar refractivity (Wildman–Crippen MR) is 94.1 cm³/mol. The monoisotopic (exact) mass is 359 g/mol. The van der Waals surface area contributed by atoms with Gasteiger partial charge in [0.1, 0.15) is 18.1 Å². The maximum atomic E-state index is 12.3. The van der Waals surface area contributed by atoms with Gasteiger partial charge in [0.25, 0.3) is 0 Å². The number of rotatable bonds is 4. The first-order chi connectivity index (χ1) is 12.6. The van der Waals surface area contributed by atoms with Crippen molar-refractivity contribution in [3.8, 4) is 5.75 Å². The predicted octanol–water partition coefficient (Wildman–Crippen LogP) is 1.21. The number of benzene rings is 1. The molecule has 1 saturated carbocycles. The molecule has 3 aliphatic rings. The first kappa shape index (κ1) is 17.5. The van der Waals surface area contributed by atoms with Crippen molar-refractivity contribution in [1.82, 2.24) is 10.2 Å². The first-order valence-corrected chi connectivity index (χ1v) is 9.24. The van der Waals surface area contributed by atoms with Crippen molar-refractivity contribution in [2.75, 3.05) is 7.11 Å². The molecule has 26 heavy (non-hydrogen) atoms. The van der Waals surface area contributed by atoms with Gasteiger partial charge < -0.3 is 15.2 Å². The molecule has 2 heterocycles. The fourth-order valence-corrected chi connectivity index (χ4v) is 4.30. The highest BCUT2D eigenvalue weighted by molar-refractivity contribution is 6.00. The fourth-order valence-electron chi connectivity index (χ4n) is 4.30. The van der Waals surface area contributed by atoms with Crippen molar-refractivity contribution in [3.05, 3.63) is 29.3 Å². The molecule has 4 atom stereocenters. The number of carbonyl (C=O) groups excluding carboxylic acids is 2. The molecule has 3 N–H and O–H groups in total. The van der Waals surface area contributed by atoms with E-state index >= 15 is 0 Å². The average molecular weight is 359 g/mol. The van der Waals surface area contributed by atoms with Crippen LogP contribution in [-0.2, 0) is 20.9 Å². The number of methoxy groups -OCH3 is 1. The molecule has 0 radical (unpaired) electrons. The summed E-state index contributed by atoms with van der Waals surface area (Å²) < 4.78 is 11.8. The lowest BCUT2D eigenvalue weighted by Crippen LogP contribution is -2.52. The number of amides is 2. The minimum atomic E-state index is -0.363. The molecule has 7 nitrogen and oxygen atoms in total. The van der Waals surface area contributed by atoms with E-state index in [2.05, 4.69) is 5.32 Å². The molecule has 1 aliphatic carbocycles. The number of piperidine rings is 1. The van der Waals surface area contributed by atoms with Gasteiger partial charge in [-0.25, -0.2) is 0 Å². The SMILES string of the molecule is COC1c2ccc(O[C@H]3CCC[C@@H]3N)cc2CN1C1CCC(=O)NC1=O. The molecule has 0 bridgehead atoms. The molecule has 1 saturated heterocycles. The van der Waals surface area contributed by atoms with Gasteiger partial charge in [0.2, 0.25) is 11.8 Å². The van der Waals surface area contributed by atoms with Crippen molar-refractivity contribution >= 4 is 11.8 Å². The molecular formula is C19H25N3O4. The molecule has 1 aromatic rings. The maximum absolute atomic E-state index is 12.3. The molecule has 1 aromatic carbocycles.